The van der Waals surface area contributed by atoms with Gasteiger partial charge in [-0.1, -0.05) is 0 Å². The molecule has 2 N–H and O–H groups in total. The second-order valence-corrected chi connectivity index (χ2v) is 9.11. The maximum Gasteiger partial charge on any atom is 0.248 e. The number of halogens is 2. The van der Waals surface area contributed by atoms with Gasteiger partial charge in [0.1, 0.15) is 22.0 Å². The molecule has 3 aromatic rings. The lowest BCUT2D eigenvalue weighted by atomic mass is 9.92. The van der Waals surface area contributed by atoms with Crippen LogP contribution in [0.1, 0.15) is 31.7 Å². The number of nitrogen functional groups attached to an aromatic ring is 1. The van der Waals surface area contributed by atoms with E-state index in [0.717, 1.165) is 0 Å². The highest BCUT2D eigenvalue weighted by Gasteiger charge is 2.38. The Morgan fingerprint density at radius 1 is 1.17 bits per heavy atom. The van der Waals surface area contributed by atoms with Crippen molar-refractivity contribution in [2.45, 2.75) is 47.4 Å². The van der Waals surface area contributed by atoms with Crippen LogP contribution < -0.4 is 10.5 Å². The molecular formula is C20H21F2N3O3S. The molecule has 4 rings (SSSR count). The first-order chi connectivity index (χ1) is 13.7. The van der Waals surface area contributed by atoms with E-state index in [1.807, 2.05) is 0 Å². The molecule has 1 aliphatic carbocycles. The SMILES string of the molecule is COc1ccc(S(=O)(=O)c2c(N)n(C3CCC(F)(F)CC3)c3cccnc23)cc1. The zero-order valence-electron chi connectivity index (χ0n) is 15.8. The molecule has 29 heavy (non-hydrogen) atoms. The maximum absolute atomic E-state index is 13.6. The lowest BCUT2D eigenvalue weighted by molar-refractivity contribution is -0.0434. The van der Waals surface area contributed by atoms with Crippen molar-refractivity contribution >= 4 is 26.7 Å². The van der Waals surface area contributed by atoms with Crippen LogP contribution in [0, 0.1) is 0 Å². The number of rotatable bonds is 4. The number of anilines is 1. The van der Waals surface area contributed by atoms with Crippen LogP contribution in [0.4, 0.5) is 14.6 Å². The van der Waals surface area contributed by atoms with Gasteiger partial charge in [-0.3, -0.25) is 4.98 Å². The van der Waals surface area contributed by atoms with E-state index >= 15 is 0 Å². The zero-order valence-corrected chi connectivity index (χ0v) is 16.6. The molecule has 1 aliphatic rings. The van der Waals surface area contributed by atoms with Crippen molar-refractivity contribution in [3.63, 3.8) is 0 Å². The average Bonchev–Trinajstić information content (AvgIpc) is 3.00. The van der Waals surface area contributed by atoms with E-state index < -0.39 is 15.8 Å². The summed E-state index contributed by atoms with van der Waals surface area (Å²) in [6.45, 7) is 0. The fourth-order valence-corrected chi connectivity index (χ4v) is 5.46. The van der Waals surface area contributed by atoms with Crippen LogP contribution in [-0.2, 0) is 9.84 Å². The van der Waals surface area contributed by atoms with Crippen LogP contribution in [0.2, 0.25) is 0 Å². The molecule has 0 bridgehead atoms. The summed E-state index contributed by atoms with van der Waals surface area (Å²) >= 11 is 0. The molecule has 1 aromatic carbocycles. The van der Waals surface area contributed by atoms with Gasteiger partial charge in [0.2, 0.25) is 15.8 Å². The molecule has 0 spiro atoms. The van der Waals surface area contributed by atoms with E-state index in [1.54, 1.807) is 28.8 Å². The molecule has 0 radical (unpaired) electrons. The topological polar surface area (TPSA) is 87.2 Å². The smallest absolute Gasteiger partial charge is 0.248 e. The summed E-state index contributed by atoms with van der Waals surface area (Å²) in [5.74, 6) is -2.13. The molecule has 2 aromatic heterocycles. The Labute approximate surface area is 167 Å². The Hall–Kier alpha value is -2.68. The molecule has 154 valence electrons. The predicted octanol–water partition coefficient (Wildman–Crippen LogP) is 4.21. The van der Waals surface area contributed by atoms with Gasteiger partial charge in [-0.15, -0.1) is 0 Å². The van der Waals surface area contributed by atoms with E-state index in [-0.39, 0.29) is 52.9 Å². The minimum Gasteiger partial charge on any atom is -0.497 e. The third kappa shape index (κ3) is 3.33. The minimum atomic E-state index is -3.97. The Bertz CT molecular complexity index is 1150. The Morgan fingerprint density at radius 2 is 1.83 bits per heavy atom. The molecule has 0 saturated heterocycles. The number of alkyl halides is 2. The number of aromatic nitrogens is 2. The summed E-state index contributed by atoms with van der Waals surface area (Å²) in [6, 6.07) is 9.10. The fraction of sp³-hybridized carbons (Fsp3) is 0.350. The number of fused-ring (bicyclic) bond motifs is 1. The molecule has 1 fully saturated rings. The van der Waals surface area contributed by atoms with Crippen LogP contribution in [0.25, 0.3) is 11.0 Å². The average molecular weight is 421 g/mol. The van der Waals surface area contributed by atoms with Crippen molar-refractivity contribution in [2.24, 2.45) is 0 Å². The van der Waals surface area contributed by atoms with Crippen molar-refractivity contribution in [1.82, 2.24) is 9.55 Å². The van der Waals surface area contributed by atoms with Crippen LogP contribution >= 0.6 is 0 Å². The molecule has 0 atom stereocenters. The van der Waals surface area contributed by atoms with Gasteiger partial charge < -0.3 is 15.0 Å². The van der Waals surface area contributed by atoms with Gasteiger partial charge in [0.05, 0.1) is 17.5 Å². The summed E-state index contributed by atoms with van der Waals surface area (Å²) in [5.41, 5.74) is 7.11. The monoisotopic (exact) mass is 421 g/mol. The van der Waals surface area contributed by atoms with Crippen LogP contribution in [0.15, 0.2) is 52.4 Å². The third-order valence-electron chi connectivity index (χ3n) is 5.44. The van der Waals surface area contributed by atoms with Gasteiger partial charge in [0, 0.05) is 25.1 Å². The Kier molecular flexibility index (Phi) is 4.72. The number of nitrogens with two attached hydrogens (primary N) is 1. The normalized spacial score (nSPS) is 17.5. The van der Waals surface area contributed by atoms with Crippen LogP contribution in [-0.4, -0.2) is 31.0 Å². The first-order valence-corrected chi connectivity index (χ1v) is 10.7. The van der Waals surface area contributed by atoms with Crippen molar-refractivity contribution < 1.29 is 21.9 Å². The van der Waals surface area contributed by atoms with E-state index in [1.165, 1.54) is 25.4 Å². The minimum absolute atomic E-state index is 0.0322. The lowest BCUT2D eigenvalue weighted by Crippen LogP contribution is -2.27. The first-order valence-electron chi connectivity index (χ1n) is 9.26. The predicted molar refractivity (Wildman–Crippen MR) is 105 cm³/mol. The number of hydrogen-bond acceptors (Lipinski definition) is 5. The quantitative estimate of drug-likeness (QED) is 0.682. The van der Waals surface area contributed by atoms with Gasteiger partial charge in [-0.05, 0) is 49.2 Å². The summed E-state index contributed by atoms with van der Waals surface area (Å²) < 4.78 is 60.7. The lowest BCUT2D eigenvalue weighted by Gasteiger charge is -2.30. The molecule has 0 amide bonds. The number of nitrogens with zero attached hydrogens (tertiary/aromatic N) is 2. The number of ether oxygens (including phenoxy) is 1. The Balaban J connectivity index is 1.86. The molecular weight excluding hydrogens is 400 g/mol. The number of benzene rings is 1. The molecule has 0 unspecified atom stereocenters. The number of sulfone groups is 1. The van der Waals surface area contributed by atoms with Crippen molar-refractivity contribution in [2.75, 3.05) is 12.8 Å². The highest BCUT2D eigenvalue weighted by atomic mass is 32.2. The van der Waals surface area contributed by atoms with Gasteiger partial charge in [0.15, 0.2) is 0 Å². The molecule has 9 heteroatoms. The summed E-state index contributed by atoms with van der Waals surface area (Å²) in [5, 5.41) is 0. The van der Waals surface area contributed by atoms with Crippen molar-refractivity contribution in [3.8, 4) is 5.75 Å². The summed E-state index contributed by atoms with van der Waals surface area (Å²) in [7, 11) is -2.48. The van der Waals surface area contributed by atoms with E-state index in [0.29, 0.717) is 11.3 Å². The second-order valence-electron chi connectivity index (χ2n) is 7.22. The summed E-state index contributed by atoms with van der Waals surface area (Å²) in [4.78, 5) is 4.23. The van der Waals surface area contributed by atoms with Crippen LogP contribution in [0.5, 0.6) is 5.75 Å². The standard InChI is InChI=1S/C20H21F2N3O3S/c1-28-14-4-6-15(7-5-14)29(26,27)18-17-16(3-2-12-24-17)25(19(18)23)13-8-10-20(21,22)11-9-13/h2-7,12-13H,8-11,23H2,1H3. The largest absolute Gasteiger partial charge is 0.497 e. The van der Waals surface area contributed by atoms with Gasteiger partial charge >= 0.3 is 0 Å². The fourth-order valence-electron chi connectivity index (χ4n) is 3.94. The van der Waals surface area contributed by atoms with Gasteiger partial charge in [0.25, 0.3) is 0 Å². The second kappa shape index (κ2) is 6.98. The molecule has 6 nitrogen and oxygen atoms in total. The number of pyridine rings is 1. The number of hydrogen-bond donors (Lipinski definition) is 1. The van der Waals surface area contributed by atoms with Gasteiger partial charge in [-0.2, -0.15) is 0 Å². The zero-order chi connectivity index (χ0) is 20.8. The van der Waals surface area contributed by atoms with E-state index in [4.69, 9.17) is 10.5 Å². The van der Waals surface area contributed by atoms with Crippen molar-refractivity contribution in [3.05, 3.63) is 42.6 Å². The molecule has 2 heterocycles. The highest BCUT2D eigenvalue weighted by molar-refractivity contribution is 7.92. The summed E-state index contributed by atoms with van der Waals surface area (Å²) in [6.07, 6.45) is 1.43. The van der Waals surface area contributed by atoms with E-state index in [2.05, 4.69) is 4.98 Å². The van der Waals surface area contributed by atoms with Crippen molar-refractivity contribution in [1.29, 1.82) is 0 Å². The maximum atomic E-state index is 13.6. The first kappa shape index (κ1) is 19.6. The molecule has 0 aliphatic heterocycles. The van der Waals surface area contributed by atoms with E-state index in [9.17, 15) is 17.2 Å². The molecule has 1 saturated carbocycles. The third-order valence-corrected chi connectivity index (χ3v) is 7.28. The van der Waals surface area contributed by atoms with Gasteiger partial charge in [-0.25, -0.2) is 17.2 Å². The van der Waals surface area contributed by atoms with Crippen LogP contribution in [0.3, 0.4) is 0 Å². The highest BCUT2D eigenvalue weighted by Crippen LogP contribution is 2.44. The Morgan fingerprint density at radius 3 is 2.45 bits per heavy atom. The number of methoxy groups -OCH3 is 1.